The monoisotopic (exact) mass is 344 g/mol. The van der Waals surface area contributed by atoms with Crippen molar-refractivity contribution in [2.75, 3.05) is 0 Å². The summed E-state index contributed by atoms with van der Waals surface area (Å²) in [5.41, 5.74) is 1.59. The average Bonchev–Trinajstić information content (AvgIpc) is 2.78. The minimum Gasteiger partial charge on any atom is -0.399 e. The summed E-state index contributed by atoms with van der Waals surface area (Å²) >= 11 is 0. The minimum atomic E-state index is -0.432. The predicted molar refractivity (Wildman–Crippen MR) is 103 cm³/mol. The molecule has 2 aliphatic heterocycles. The molecular weight excluding hydrogens is 314 g/mol. The first kappa shape index (κ1) is 19.0. The van der Waals surface area contributed by atoms with Crippen molar-refractivity contribution in [2.24, 2.45) is 0 Å². The first-order valence-electron chi connectivity index (χ1n) is 9.08. The maximum atomic E-state index is 6.30. The van der Waals surface area contributed by atoms with Crippen LogP contribution < -0.4 is 10.9 Å². The van der Waals surface area contributed by atoms with Crippen molar-refractivity contribution in [3.8, 4) is 0 Å². The lowest BCUT2D eigenvalue weighted by atomic mass is 9.63. The van der Waals surface area contributed by atoms with Crippen molar-refractivity contribution in [3.05, 3.63) is 23.8 Å². The van der Waals surface area contributed by atoms with Gasteiger partial charge in [0.15, 0.2) is 0 Å². The lowest BCUT2D eigenvalue weighted by molar-refractivity contribution is 0.00578. The van der Waals surface area contributed by atoms with Crippen LogP contribution in [0, 0.1) is 6.92 Å². The number of hydrogen-bond donors (Lipinski definition) is 0. The topological polar surface area (TPSA) is 36.9 Å². The Morgan fingerprint density at radius 1 is 0.640 bits per heavy atom. The van der Waals surface area contributed by atoms with Crippen molar-refractivity contribution in [2.45, 2.75) is 84.7 Å². The van der Waals surface area contributed by atoms with Crippen LogP contribution in [0.1, 0.15) is 61.0 Å². The zero-order valence-corrected chi connectivity index (χ0v) is 17.0. The van der Waals surface area contributed by atoms with Crippen LogP contribution >= 0.6 is 0 Å². The van der Waals surface area contributed by atoms with Crippen molar-refractivity contribution in [1.82, 2.24) is 0 Å². The summed E-state index contributed by atoms with van der Waals surface area (Å²) in [5.74, 6) is 0. The molecule has 2 aliphatic rings. The van der Waals surface area contributed by atoms with Gasteiger partial charge in [0.25, 0.3) is 0 Å². The van der Waals surface area contributed by atoms with Crippen molar-refractivity contribution in [3.63, 3.8) is 0 Å². The molecule has 0 radical (unpaired) electrons. The standard InChI is InChI=1S/C19H30B2O4/c1-13-11-10-12-14(20-22-16(2,3)17(4,5)23-20)15(13)21-24-18(6,7)19(8,9)25-21/h10-12H,1-9H3. The molecule has 0 aromatic heterocycles. The van der Waals surface area contributed by atoms with Crippen molar-refractivity contribution < 1.29 is 18.6 Å². The van der Waals surface area contributed by atoms with Gasteiger partial charge in [-0.15, -0.1) is 0 Å². The molecule has 0 unspecified atom stereocenters. The molecule has 4 nitrogen and oxygen atoms in total. The van der Waals surface area contributed by atoms with Gasteiger partial charge in [0, 0.05) is 0 Å². The zero-order valence-electron chi connectivity index (χ0n) is 17.0. The van der Waals surface area contributed by atoms with Gasteiger partial charge >= 0.3 is 14.2 Å². The van der Waals surface area contributed by atoms with E-state index in [2.05, 4.69) is 74.4 Å². The number of benzene rings is 1. The fraction of sp³-hybridized carbons (Fsp3) is 0.684. The lowest BCUT2D eigenvalue weighted by Gasteiger charge is -2.32. The van der Waals surface area contributed by atoms with Gasteiger partial charge in [-0.2, -0.15) is 0 Å². The van der Waals surface area contributed by atoms with E-state index in [9.17, 15) is 0 Å². The number of aryl methyl sites for hydroxylation is 1. The first-order valence-corrected chi connectivity index (χ1v) is 9.08. The van der Waals surface area contributed by atoms with Crippen LogP contribution in [0.3, 0.4) is 0 Å². The molecule has 0 bridgehead atoms. The van der Waals surface area contributed by atoms with E-state index in [-0.39, 0.29) is 22.4 Å². The van der Waals surface area contributed by atoms with Crippen molar-refractivity contribution in [1.29, 1.82) is 0 Å². The molecule has 0 amide bonds. The van der Waals surface area contributed by atoms with Crippen LogP contribution in [0.5, 0.6) is 0 Å². The second-order valence-corrected chi connectivity index (χ2v) is 9.25. The maximum absolute atomic E-state index is 6.30. The van der Waals surface area contributed by atoms with E-state index in [1.807, 2.05) is 6.07 Å². The zero-order chi connectivity index (χ0) is 18.8. The Balaban J connectivity index is 2.01. The highest BCUT2D eigenvalue weighted by molar-refractivity contribution is 6.74. The summed E-state index contributed by atoms with van der Waals surface area (Å²) in [6, 6.07) is 6.16. The van der Waals surface area contributed by atoms with Crippen LogP contribution in [0.4, 0.5) is 0 Å². The van der Waals surface area contributed by atoms with Crippen LogP contribution in [0.25, 0.3) is 0 Å². The molecule has 3 rings (SSSR count). The average molecular weight is 344 g/mol. The fourth-order valence-corrected chi connectivity index (χ4v) is 3.16. The van der Waals surface area contributed by atoms with Crippen LogP contribution in [-0.4, -0.2) is 36.6 Å². The summed E-state index contributed by atoms with van der Waals surface area (Å²) < 4.78 is 25.2. The number of rotatable bonds is 2. The third-order valence-corrected chi connectivity index (χ3v) is 6.35. The Hall–Kier alpha value is -0.810. The largest absolute Gasteiger partial charge is 0.494 e. The molecule has 136 valence electrons. The molecule has 0 aliphatic carbocycles. The predicted octanol–water partition coefficient (Wildman–Crippen LogP) is 2.59. The molecule has 2 saturated heterocycles. The van der Waals surface area contributed by atoms with Crippen LogP contribution in [-0.2, 0) is 18.6 Å². The molecule has 25 heavy (non-hydrogen) atoms. The first-order chi connectivity index (χ1) is 11.3. The lowest BCUT2D eigenvalue weighted by Crippen LogP contribution is -2.52. The summed E-state index contributed by atoms with van der Waals surface area (Å²) in [7, 11) is -0.862. The SMILES string of the molecule is Cc1cccc(B2OC(C)(C)C(C)(C)O2)c1B1OC(C)(C)C(C)(C)O1. The third-order valence-electron chi connectivity index (χ3n) is 6.35. The van der Waals surface area contributed by atoms with Gasteiger partial charge in [0.1, 0.15) is 0 Å². The van der Waals surface area contributed by atoms with E-state index >= 15 is 0 Å². The van der Waals surface area contributed by atoms with Crippen LogP contribution in [0.15, 0.2) is 18.2 Å². The molecule has 6 heteroatoms. The van der Waals surface area contributed by atoms with Gasteiger partial charge in [-0.1, -0.05) is 23.8 Å². The molecule has 0 N–H and O–H groups in total. The summed E-state index contributed by atoms with van der Waals surface area (Å²) in [5, 5.41) is 0. The normalized spacial score (nSPS) is 26.3. The van der Waals surface area contributed by atoms with Gasteiger partial charge in [0.2, 0.25) is 0 Å². The Morgan fingerprint density at radius 3 is 1.48 bits per heavy atom. The van der Waals surface area contributed by atoms with Gasteiger partial charge in [0.05, 0.1) is 22.4 Å². The number of hydrogen-bond acceptors (Lipinski definition) is 4. The molecule has 1 aromatic carbocycles. The molecule has 0 spiro atoms. The van der Waals surface area contributed by atoms with E-state index < -0.39 is 14.2 Å². The van der Waals surface area contributed by atoms with E-state index in [4.69, 9.17) is 18.6 Å². The third kappa shape index (κ3) is 2.97. The van der Waals surface area contributed by atoms with E-state index in [0.29, 0.717) is 0 Å². The highest BCUT2D eigenvalue weighted by Crippen LogP contribution is 2.38. The molecule has 0 saturated carbocycles. The summed E-state index contributed by atoms with van der Waals surface area (Å²) in [4.78, 5) is 0. The Morgan fingerprint density at radius 2 is 1.04 bits per heavy atom. The van der Waals surface area contributed by atoms with E-state index in [0.717, 1.165) is 16.5 Å². The molecular formula is C19H30B2O4. The van der Waals surface area contributed by atoms with E-state index in [1.54, 1.807) is 0 Å². The van der Waals surface area contributed by atoms with Gasteiger partial charge in [-0.3, -0.25) is 0 Å². The molecule has 2 heterocycles. The van der Waals surface area contributed by atoms with Gasteiger partial charge < -0.3 is 18.6 Å². The second-order valence-electron chi connectivity index (χ2n) is 9.25. The maximum Gasteiger partial charge on any atom is 0.494 e. The Labute approximate surface area is 152 Å². The molecule has 2 fully saturated rings. The Kier molecular flexibility index (Phi) is 4.24. The van der Waals surface area contributed by atoms with Gasteiger partial charge in [-0.25, -0.2) is 0 Å². The summed E-state index contributed by atoms with van der Waals surface area (Å²) in [6.45, 7) is 18.6. The van der Waals surface area contributed by atoms with Crippen molar-refractivity contribution >= 4 is 25.2 Å². The van der Waals surface area contributed by atoms with E-state index in [1.165, 1.54) is 0 Å². The van der Waals surface area contributed by atoms with Gasteiger partial charge in [-0.05, 0) is 73.2 Å². The summed E-state index contributed by atoms with van der Waals surface area (Å²) in [6.07, 6.45) is 0. The molecule has 1 aromatic rings. The molecule has 0 atom stereocenters. The van der Waals surface area contributed by atoms with Crippen LogP contribution in [0.2, 0.25) is 0 Å². The quantitative estimate of drug-likeness (QED) is 0.773. The second kappa shape index (κ2) is 5.59. The Bertz CT molecular complexity index is 650. The highest BCUT2D eigenvalue weighted by Gasteiger charge is 2.56. The fourth-order valence-electron chi connectivity index (χ4n) is 3.16. The smallest absolute Gasteiger partial charge is 0.399 e. The highest BCUT2D eigenvalue weighted by atomic mass is 16.7. The minimum absolute atomic E-state index is 0.380.